The molecule has 0 amide bonds. The van der Waals surface area contributed by atoms with Gasteiger partial charge in [-0.05, 0) is 36.4 Å². The van der Waals surface area contributed by atoms with Crippen molar-refractivity contribution in [2.75, 3.05) is 17.1 Å². The van der Waals surface area contributed by atoms with Crippen molar-refractivity contribution in [3.8, 4) is 5.75 Å². The molecule has 0 spiro atoms. The predicted octanol–water partition coefficient (Wildman–Crippen LogP) is 4.35. The normalized spacial score (nSPS) is 11.1. The summed E-state index contributed by atoms with van der Waals surface area (Å²) in [5.41, 5.74) is 1.12. The van der Waals surface area contributed by atoms with E-state index in [1.54, 1.807) is 25.3 Å². The van der Waals surface area contributed by atoms with Crippen LogP contribution in [0.15, 0.2) is 58.9 Å². The SMILES string of the molecule is COc1ccccc1Nc1ccc(NS(=O)(=O)c2ccc(Cl)s2)cn1. The minimum Gasteiger partial charge on any atom is -0.495 e. The summed E-state index contributed by atoms with van der Waals surface area (Å²) in [6, 6.07) is 13.7. The molecular weight excluding hydrogens is 382 g/mol. The van der Waals surface area contributed by atoms with Gasteiger partial charge in [0, 0.05) is 0 Å². The molecule has 0 aliphatic rings. The maximum absolute atomic E-state index is 12.3. The fourth-order valence-corrected chi connectivity index (χ4v) is 4.59. The maximum Gasteiger partial charge on any atom is 0.271 e. The zero-order valence-electron chi connectivity index (χ0n) is 13.1. The number of rotatable bonds is 6. The first-order chi connectivity index (χ1) is 12.0. The number of nitrogens with one attached hydrogen (secondary N) is 2. The first-order valence-corrected chi connectivity index (χ1v) is 9.80. The molecular formula is C16H14ClN3O3S2. The highest BCUT2D eigenvalue weighted by atomic mass is 35.5. The summed E-state index contributed by atoms with van der Waals surface area (Å²) in [5, 5.41) is 3.12. The molecule has 130 valence electrons. The number of aromatic nitrogens is 1. The van der Waals surface area contributed by atoms with Crippen LogP contribution < -0.4 is 14.8 Å². The third-order valence-electron chi connectivity index (χ3n) is 3.20. The molecule has 25 heavy (non-hydrogen) atoms. The van der Waals surface area contributed by atoms with E-state index in [-0.39, 0.29) is 4.21 Å². The Balaban J connectivity index is 1.74. The molecule has 9 heteroatoms. The average Bonchev–Trinajstić information content (AvgIpc) is 3.04. The second kappa shape index (κ2) is 7.30. The van der Waals surface area contributed by atoms with Crippen LogP contribution in [0.5, 0.6) is 5.75 Å². The van der Waals surface area contributed by atoms with Crippen molar-refractivity contribution in [2.24, 2.45) is 0 Å². The van der Waals surface area contributed by atoms with Crippen LogP contribution in [0, 0.1) is 0 Å². The zero-order valence-corrected chi connectivity index (χ0v) is 15.5. The summed E-state index contributed by atoms with van der Waals surface area (Å²) in [6.07, 6.45) is 1.44. The average molecular weight is 396 g/mol. The van der Waals surface area contributed by atoms with Crippen molar-refractivity contribution >= 4 is 50.2 Å². The largest absolute Gasteiger partial charge is 0.495 e. The lowest BCUT2D eigenvalue weighted by molar-refractivity contribution is 0.417. The van der Waals surface area contributed by atoms with E-state index in [4.69, 9.17) is 16.3 Å². The predicted molar refractivity (Wildman–Crippen MR) is 101 cm³/mol. The Bertz CT molecular complexity index is 972. The summed E-state index contributed by atoms with van der Waals surface area (Å²) in [6.45, 7) is 0. The Morgan fingerprint density at radius 3 is 2.56 bits per heavy atom. The molecule has 0 aliphatic carbocycles. The number of halogens is 1. The van der Waals surface area contributed by atoms with Gasteiger partial charge in [0.25, 0.3) is 10.0 Å². The molecule has 0 fully saturated rings. The van der Waals surface area contributed by atoms with E-state index in [0.717, 1.165) is 17.0 Å². The van der Waals surface area contributed by atoms with Gasteiger partial charge in [-0.25, -0.2) is 13.4 Å². The van der Waals surface area contributed by atoms with Crippen molar-refractivity contribution in [2.45, 2.75) is 4.21 Å². The van der Waals surface area contributed by atoms with Crippen molar-refractivity contribution in [3.05, 3.63) is 59.1 Å². The minimum absolute atomic E-state index is 0.147. The third kappa shape index (κ3) is 4.22. The molecule has 0 unspecified atom stereocenters. The number of methoxy groups -OCH3 is 1. The van der Waals surface area contributed by atoms with Crippen LogP contribution in [0.25, 0.3) is 0 Å². The molecule has 0 saturated carbocycles. The lowest BCUT2D eigenvalue weighted by atomic mass is 10.3. The summed E-state index contributed by atoms with van der Waals surface area (Å²) in [7, 11) is -2.09. The highest BCUT2D eigenvalue weighted by Crippen LogP contribution is 2.28. The van der Waals surface area contributed by atoms with Crippen LogP contribution in [0.4, 0.5) is 17.2 Å². The van der Waals surface area contributed by atoms with Gasteiger partial charge in [0.15, 0.2) is 0 Å². The lowest BCUT2D eigenvalue weighted by Gasteiger charge is -2.11. The number of anilines is 3. The molecule has 3 aromatic rings. The summed E-state index contributed by atoms with van der Waals surface area (Å²) >= 11 is 6.78. The van der Waals surface area contributed by atoms with E-state index in [1.807, 2.05) is 24.3 Å². The van der Waals surface area contributed by atoms with Gasteiger partial charge in [-0.3, -0.25) is 4.72 Å². The highest BCUT2D eigenvalue weighted by Gasteiger charge is 2.16. The lowest BCUT2D eigenvalue weighted by Crippen LogP contribution is -2.11. The Morgan fingerprint density at radius 1 is 1.12 bits per heavy atom. The quantitative estimate of drug-likeness (QED) is 0.648. The number of sulfonamides is 1. The number of hydrogen-bond acceptors (Lipinski definition) is 6. The van der Waals surface area contributed by atoms with Crippen molar-refractivity contribution in [1.82, 2.24) is 4.98 Å². The maximum atomic E-state index is 12.3. The second-order valence-electron chi connectivity index (χ2n) is 4.92. The summed E-state index contributed by atoms with van der Waals surface area (Å²) in [5.74, 6) is 1.25. The number of nitrogens with zero attached hydrogens (tertiary/aromatic N) is 1. The monoisotopic (exact) mass is 395 g/mol. The molecule has 2 aromatic heterocycles. The van der Waals surface area contributed by atoms with Crippen molar-refractivity contribution < 1.29 is 13.2 Å². The van der Waals surface area contributed by atoms with Gasteiger partial charge in [0.05, 0.1) is 29.0 Å². The molecule has 6 nitrogen and oxygen atoms in total. The van der Waals surface area contributed by atoms with Gasteiger partial charge in [0.2, 0.25) is 0 Å². The molecule has 1 aromatic carbocycles. The Hall–Kier alpha value is -2.29. The molecule has 0 saturated heterocycles. The van der Waals surface area contributed by atoms with Gasteiger partial charge in [0.1, 0.15) is 15.8 Å². The second-order valence-corrected chi connectivity index (χ2v) is 8.55. The van der Waals surface area contributed by atoms with E-state index in [2.05, 4.69) is 15.0 Å². The molecule has 2 heterocycles. The first kappa shape index (κ1) is 17.5. The van der Waals surface area contributed by atoms with Crippen LogP contribution in [0.2, 0.25) is 4.34 Å². The fraction of sp³-hybridized carbons (Fsp3) is 0.0625. The van der Waals surface area contributed by atoms with E-state index in [1.165, 1.54) is 12.3 Å². The Kier molecular flexibility index (Phi) is 5.12. The molecule has 0 atom stereocenters. The van der Waals surface area contributed by atoms with Crippen LogP contribution in [0.1, 0.15) is 0 Å². The van der Waals surface area contributed by atoms with Gasteiger partial charge < -0.3 is 10.1 Å². The summed E-state index contributed by atoms with van der Waals surface area (Å²) < 4.78 is 32.8. The summed E-state index contributed by atoms with van der Waals surface area (Å²) in [4.78, 5) is 4.22. The zero-order chi connectivity index (χ0) is 17.9. The number of benzene rings is 1. The van der Waals surface area contributed by atoms with Gasteiger partial charge in [-0.1, -0.05) is 23.7 Å². The van der Waals surface area contributed by atoms with Gasteiger partial charge in [-0.15, -0.1) is 11.3 Å². The number of para-hydroxylation sites is 2. The van der Waals surface area contributed by atoms with E-state index in [9.17, 15) is 8.42 Å². The first-order valence-electron chi connectivity index (χ1n) is 7.12. The smallest absolute Gasteiger partial charge is 0.271 e. The van der Waals surface area contributed by atoms with Crippen LogP contribution >= 0.6 is 22.9 Å². The number of ether oxygens (including phenoxy) is 1. The Labute approximate surface area is 154 Å². The highest BCUT2D eigenvalue weighted by molar-refractivity contribution is 7.94. The number of pyridine rings is 1. The van der Waals surface area contributed by atoms with Crippen LogP contribution in [0.3, 0.4) is 0 Å². The molecule has 0 bridgehead atoms. The van der Waals surface area contributed by atoms with Crippen LogP contribution in [-0.4, -0.2) is 20.5 Å². The minimum atomic E-state index is -3.67. The van der Waals surface area contributed by atoms with Crippen molar-refractivity contribution in [1.29, 1.82) is 0 Å². The van der Waals surface area contributed by atoms with E-state index >= 15 is 0 Å². The fourth-order valence-electron chi connectivity index (χ4n) is 2.06. The topological polar surface area (TPSA) is 80.3 Å². The number of hydrogen-bond donors (Lipinski definition) is 2. The standard InChI is InChI=1S/C16H14ClN3O3S2/c1-23-13-5-3-2-4-12(13)19-15-8-6-11(10-18-15)20-25(21,22)16-9-7-14(17)24-16/h2-10,20H,1H3,(H,18,19). The van der Waals surface area contributed by atoms with Gasteiger partial charge in [-0.2, -0.15) is 0 Å². The number of thiophene rings is 1. The molecule has 0 radical (unpaired) electrons. The Morgan fingerprint density at radius 2 is 1.92 bits per heavy atom. The molecule has 2 N–H and O–H groups in total. The van der Waals surface area contributed by atoms with Crippen molar-refractivity contribution in [3.63, 3.8) is 0 Å². The van der Waals surface area contributed by atoms with E-state index in [0.29, 0.717) is 21.6 Å². The molecule has 0 aliphatic heterocycles. The van der Waals surface area contributed by atoms with Crippen LogP contribution in [-0.2, 0) is 10.0 Å². The molecule has 3 rings (SSSR count). The van der Waals surface area contributed by atoms with E-state index < -0.39 is 10.0 Å². The third-order valence-corrected chi connectivity index (χ3v) is 6.30. The van der Waals surface area contributed by atoms with Gasteiger partial charge >= 0.3 is 0 Å².